The zero-order valence-corrected chi connectivity index (χ0v) is 18.6. The van der Waals surface area contributed by atoms with Gasteiger partial charge < -0.3 is 0 Å². The highest BCUT2D eigenvalue weighted by atomic mass is 16.2. The molecule has 1 atom stereocenters. The first-order valence-corrected chi connectivity index (χ1v) is 9.97. The summed E-state index contributed by atoms with van der Waals surface area (Å²) in [4.78, 5) is 25.1. The molecule has 2 amide bonds. The van der Waals surface area contributed by atoms with Crippen LogP contribution in [0.3, 0.4) is 0 Å². The van der Waals surface area contributed by atoms with Crippen molar-refractivity contribution in [1.82, 2.24) is 4.90 Å². The molecule has 2 rings (SSSR count). The molecule has 0 heterocycles. The molecule has 2 aromatic carbocycles. The van der Waals surface area contributed by atoms with Gasteiger partial charge in [0.05, 0.1) is 6.54 Å². The van der Waals surface area contributed by atoms with Crippen molar-refractivity contribution in [3.8, 4) is 0 Å². The molecule has 0 aliphatic heterocycles. The first kappa shape index (κ1) is 21.9. The number of imide groups is 1. The van der Waals surface area contributed by atoms with Crippen molar-refractivity contribution in [1.29, 1.82) is 0 Å². The third-order valence-electron chi connectivity index (χ3n) is 6.02. The highest BCUT2D eigenvalue weighted by Gasteiger charge is 2.20. The van der Waals surface area contributed by atoms with Gasteiger partial charge in [-0.15, -0.1) is 0 Å². The van der Waals surface area contributed by atoms with E-state index in [9.17, 15) is 9.59 Å². The Morgan fingerprint density at radius 2 is 1.43 bits per heavy atom. The molecule has 0 aliphatic carbocycles. The Hall–Kier alpha value is -2.42. The Morgan fingerprint density at radius 1 is 0.893 bits per heavy atom. The second-order valence-electron chi connectivity index (χ2n) is 8.12. The lowest BCUT2D eigenvalue weighted by Gasteiger charge is -2.25. The van der Waals surface area contributed by atoms with Gasteiger partial charge in [-0.05, 0) is 91.5 Å². The van der Waals surface area contributed by atoms with Crippen LogP contribution < -0.4 is 0 Å². The molecule has 1 unspecified atom stereocenters. The first-order chi connectivity index (χ1) is 13.0. The molecule has 0 fully saturated rings. The molecule has 0 aromatic heterocycles. The fraction of sp³-hybridized carbons (Fsp3) is 0.440. The number of rotatable bonds is 5. The molecule has 2 aromatic rings. The molecule has 0 radical (unpaired) electrons. The zero-order chi connectivity index (χ0) is 21.2. The summed E-state index contributed by atoms with van der Waals surface area (Å²) >= 11 is 0. The van der Waals surface area contributed by atoms with E-state index in [0.717, 1.165) is 12.0 Å². The topological polar surface area (TPSA) is 37.4 Å². The molecule has 0 saturated heterocycles. The average molecular weight is 380 g/mol. The van der Waals surface area contributed by atoms with Crippen molar-refractivity contribution < 1.29 is 9.59 Å². The van der Waals surface area contributed by atoms with E-state index >= 15 is 0 Å². The van der Waals surface area contributed by atoms with Gasteiger partial charge in [-0.2, -0.15) is 0 Å². The lowest BCUT2D eigenvalue weighted by atomic mass is 9.82. The largest absolute Gasteiger partial charge is 0.279 e. The molecular formula is C25H33NO2. The number of carbonyl (C=O) groups excluding carboxylic acids is 2. The molecule has 0 N–H and O–H groups in total. The van der Waals surface area contributed by atoms with Crippen LogP contribution in [0.15, 0.2) is 24.3 Å². The van der Waals surface area contributed by atoms with Crippen LogP contribution in [0.25, 0.3) is 0 Å². The van der Waals surface area contributed by atoms with Crippen LogP contribution >= 0.6 is 0 Å². The number of aryl methyl sites for hydroxylation is 3. The summed E-state index contributed by atoms with van der Waals surface area (Å²) in [6, 6.07) is 8.41. The predicted molar refractivity (Wildman–Crippen MR) is 116 cm³/mol. The zero-order valence-electron chi connectivity index (χ0n) is 18.6. The Labute approximate surface area is 169 Å². The second kappa shape index (κ2) is 8.72. The van der Waals surface area contributed by atoms with Gasteiger partial charge in [0.1, 0.15) is 0 Å². The van der Waals surface area contributed by atoms with Gasteiger partial charge in [0, 0.05) is 13.8 Å². The lowest BCUT2D eigenvalue weighted by Crippen LogP contribution is -2.33. The van der Waals surface area contributed by atoms with E-state index in [-0.39, 0.29) is 11.8 Å². The minimum Gasteiger partial charge on any atom is -0.279 e. The van der Waals surface area contributed by atoms with Gasteiger partial charge in [-0.3, -0.25) is 14.5 Å². The quantitative estimate of drug-likeness (QED) is 0.691. The summed E-state index contributed by atoms with van der Waals surface area (Å²) < 4.78 is 0. The van der Waals surface area contributed by atoms with E-state index in [0.29, 0.717) is 12.5 Å². The Bertz CT molecular complexity index is 871. The monoisotopic (exact) mass is 379 g/mol. The second-order valence-corrected chi connectivity index (χ2v) is 8.12. The van der Waals surface area contributed by atoms with Crippen molar-refractivity contribution in [2.24, 2.45) is 0 Å². The molecule has 0 saturated carbocycles. The van der Waals surface area contributed by atoms with Crippen LogP contribution in [0.4, 0.5) is 0 Å². The van der Waals surface area contributed by atoms with Gasteiger partial charge >= 0.3 is 0 Å². The molecular weight excluding hydrogens is 346 g/mol. The summed E-state index contributed by atoms with van der Waals surface area (Å²) in [5.74, 6) is -0.0791. The molecule has 3 nitrogen and oxygen atoms in total. The SMILES string of the molecule is CC(=O)N(Cc1cccc(C)c1CC(C)c1c(C)c(C)cc(C)c1C)C(C)=O. The molecule has 3 heteroatoms. The summed E-state index contributed by atoms with van der Waals surface area (Å²) in [6.45, 7) is 16.4. The van der Waals surface area contributed by atoms with Crippen molar-refractivity contribution in [3.63, 3.8) is 0 Å². The van der Waals surface area contributed by atoms with Crippen molar-refractivity contribution in [2.75, 3.05) is 0 Å². The highest BCUT2D eigenvalue weighted by molar-refractivity contribution is 5.92. The van der Waals surface area contributed by atoms with Crippen LogP contribution in [0.5, 0.6) is 0 Å². The number of hydrogen-bond donors (Lipinski definition) is 0. The van der Waals surface area contributed by atoms with E-state index in [2.05, 4.69) is 53.7 Å². The molecule has 150 valence electrons. The maximum Gasteiger partial charge on any atom is 0.226 e. The minimum absolute atomic E-state index is 0.214. The van der Waals surface area contributed by atoms with Crippen LogP contribution in [-0.2, 0) is 22.6 Å². The summed E-state index contributed by atoms with van der Waals surface area (Å²) in [5, 5.41) is 0. The standard InChI is InChI=1S/C25H33NO2/c1-15-10-9-11-23(14-26(21(7)27)22(8)28)24(15)13-18(4)25-19(5)16(2)12-17(3)20(25)6/h9-12,18H,13-14H2,1-8H3. The van der Waals surface area contributed by atoms with E-state index < -0.39 is 0 Å². The summed E-state index contributed by atoms with van der Waals surface area (Å²) in [7, 11) is 0. The molecule has 0 bridgehead atoms. The van der Waals surface area contributed by atoms with Crippen LogP contribution in [0.1, 0.15) is 71.2 Å². The number of benzene rings is 2. The van der Waals surface area contributed by atoms with Crippen LogP contribution in [0.2, 0.25) is 0 Å². The van der Waals surface area contributed by atoms with E-state index in [1.807, 2.05) is 12.1 Å². The summed E-state index contributed by atoms with van der Waals surface area (Å²) in [6.07, 6.45) is 0.885. The maximum atomic E-state index is 11.9. The molecule has 0 aliphatic rings. The Kier molecular flexibility index (Phi) is 6.82. The smallest absolute Gasteiger partial charge is 0.226 e. The third kappa shape index (κ3) is 4.52. The molecule has 28 heavy (non-hydrogen) atoms. The van der Waals surface area contributed by atoms with Crippen molar-refractivity contribution in [2.45, 2.75) is 74.3 Å². The van der Waals surface area contributed by atoms with E-state index in [4.69, 9.17) is 0 Å². The fourth-order valence-corrected chi connectivity index (χ4v) is 4.21. The number of carbonyl (C=O) groups is 2. The predicted octanol–water partition coefficient (Wildman–Crippen LogP) is 5.47. The van der Waals surface area contributed by atoms with Gasteiger partial charge in [0.15, 0.2) is 0 Å². The Morgan fingerprint density at radius 3 is 1.93 bits per heavy atom. The minimum atomic E-state index is -0.214. The Balaban J connectivity index is 2.45. The van der Waals surface area contributed by atoms with Gasteiger partial charge in [0.2, 0.25) is 11.8 Å². The average Bonchev–Trinajstić information content (AvgIpc) is 2.60. The summed E-state index contributed by atoms with van der Waals surface area (Å²) in [5.41, 5.74) is 10.3. The van der Waals surface area contributed by atoms with Crippen molar-refractivity contribution in [3.05, 3.63) is 68.8 Å². The van der Waals surface area contributed by atoms with Crippen molar-refractivity contribution >= 4 is 11.8 Å². The maximum absolute atomic E-state index is 11.9. The normalized spacial score (nSPS) is 12.0. The highest BCUT2D eigenvalue weighted by Crippen LogP contribution is 2.32. The first-order valence-electron chi connectivity index (χ1n) is 9.97. The van der Waals surface area contributed by atoms with Gasteiger partial charge in [-0.25, -0.2) is 0 Å². The number of nitrogens with zero attached hydrogens (tertiary/aromatic N) is 1. The van der Waals surface area contributed by atoms with Crippen LogP contribution in [0, 0.1) is 34.6 Å². The van der Waals surface area contributed by atoms with E-state index in [1.165, 1.54) is 57.7 Å². The molecule has 0 spiro atoms. The third-order valence-corrected chi connectivity index (χ3v) is 6.02. The van der Waals surface area contributed by atoms with Crippen LogP contribution in [-0.4, -0.2) is 16.7 Å². The number of amides is 2. The fourth-order valence-electron chi connectivity index (χ4n) is 4.21. The lowest BCUT2D eigenvalue weighted by molar-refractivity contribution is -0.142. The number of hydrogen-bond acceptors (Lipinski definition) is 2. The van der Waals surface area contributed by atoms with Gasteiger partial charge in [0.25, 0.3) is 0 Å². The van der Waals surface area contributed by atoms with E-state index in [1.54, 1.807) is 0 Å². The van der Waals surface area contributed by atoms with Gasteiger partial charge in [-0.1, -0.05) is 31.2 Å².